The molecule has 1 rings (SSSR count). The number of allylic oxidation sites excluding steroid dienone is 1. The van der Waals surface area contributed by atoms with Crippen LogP contribution in [-0.4, -0.2) is 5.66 Å². The molecule has 0 saturated heterocycles. The summed E-state index contributed by atoms with van der Waals surface area (Å²) in [6, 6.07) is 0. The summed E-state index contributed by atoms with van der Waals surface area (Å²) in [6.07, 6.45) is 5.99. The lowest BCUT2D eigenvalue weighted by Gasteiger charge is -2.21. The van der Waals surface area contributed by atoms with Gasteiger partial charge in [0.25, 0.3) is 0 Å². The van der Waals surface area contributed by atoms with Gasteiger partial charge in [-0.2, -0.15) is 0 Å². The van der Waals surface area contributed by atoms with E-state index in [9.17, 15) is 0 Å². The molecular formula is C6H11N3. The van der Waals surface area contributed by atoms with Crippen LogP contribution in [0.3, 0.4) is 0 Å². The summed E-state index contributed by atoms with van der Waals surface area (Å²) in [4.78, 5) is 0. The largest absolute Gasteiger partial charge is 0.399 e. The molecule has 0 spiro atoms. The van der Waals surface area contributed by atoms with Crippen LogP contribution in [0.15, 0.2) is 23.9 Å². The highest BCUT2D eigenvalue weighted by Gasteiger charge is 2.15. The van der Waals surface area contributed by atoms with Gasteiger partial charge in [0.15, 0.2) is 0 Å². The van der Waals surface area contributed by atoms with Crippen LogP contribution in [-0.2, 0) is 0 Å². The van der Waals surface area contributed by atoms with Gasteiger partial charge >= 0.3 is 0 Å². The molecule has 0 unspecified atom stereocenters. The zero-order valence-corrected chi connectivity index (χ0v) is 5.17. The molecule has 50 valence electrons. The van der Waals surface area contributed by atoms with Crippen LogP contribution in [0.2, 0.25) is 0 Å². The maximum Gasteiger partial charge on any atom is 0.0886 e. The summed E-state index contributed by atoms with van der Waals surface area (Å²) in [5.41, 5.74) is 16.4. The molecule has 9 heavy (non-hydrogen) atoms. The van der Waals surface area contributed by atoms with Crippen molar-refractivity contribution in [1.82, 2.24) is 0 Å². The average molecular weight is 125 g/mol. The van der Waals surface area contributed by atoms with Gasteiger partial charge in [-0.15, -0.1) is 0 Å². The van der Waals surface area contributed by atoms with Crippen molar-refractivity contribution in [3.8, 4) is 0 Å². The molecule has 0 aromatic carbocycles. The third kappa shape index (κ3) is 1.55. The van der Waals surface area contributed by atoms with E-state index >= 15 is 0 Å². The Morgan fingerprint density at radius 1 is 1.44 bits per heavy atom. The zero-order valence-electron chi connectivity index (χ0n) is 5.17. The Balaban J connectivity index is 2.78. The van der Waals surface area contributed by atoms with Gasteiger partial charge in [0.2, 0.25) is 0 Å². The Bertz CT molecular complexity index is 167. The van der Waals surface area contributed by atoms with E-state index in [0.29, 0.717) is 12.1 Å². The third-order valence-corrected chi connectivity index (χ3v) is 1.22. The smallest absolute Gasteiger partial charge is 0.0886 e. The molecule has 0 atom stereocenters. The highest BCUT2D eigenvalue weighted by Crippen LogP contribution is 2.09. The Morgan fingerprint density at radius 3 is 2.44 bits per heavy atom. The second-order valence-corrected chi connectivity index (χ2v) is 2.36. The van der Waals surface area contributed by atoms with Gasteiger partial charge in [0, 0.05) is 12.1 Å². The molecule has 0 saturated carbocycles. The molecule has 3 heteroatoms. The minimum Gasteiger partial charge on any atom is -0.399 e. The molecule has 0 bridgehead atoms. The van der Waals surface area contributed by atoms with Crippen molar-refractivity contribution in [2.75, 3.05) is 0 Å². The first-order valence-electron chi connectivity index (χ1n) is 2.83. The van der Waals surface area contributed by atoms with Crippen LogP contribution < -0.4 is 17.2 Å². The van der Waals surface area contributed by atoms with Crippen molar-refractivity contribution in [3.05, 3.63) is 23.9 Å². The second kappa shape index (κ2) is 1.86. The highest BCUT2D eigenvalue weighted by molar-refractivity contribution is 5.25. The first-order chi connectivity index (χ1) is 4.10. The fourth-order valence-electron chi connectivity index (χ4n) is 0.816. The van der Waals surface area contributed by atoms with Crippen molar-refractivity contribution < 1.29 is 0 Å². The maximum atomic E-state index is 5.54. The number of hydrogen-bond acceptors (Lipinski definition) is 3. The molecule has 1 aliphatic carbocycles. The molecule has 1 aliphatic rings. The van der Waals surface area contributed by atoms with Crippen LogP contribution in [0.1, 0.15) is 6.42 Å². The molecular weight excluding hydrogens is 114 g/mol. The van der Waals surface area contributed by atoms with Gasteiger partial charge in [-0.1, -0.05) is 6.08 Å². The lowest BCUT2D eigenvalue weighted by atomic mass is 10.0. The van der Waals surface area contributed by atoms with Gasteiger partial charge in [0.1, 0.15) is 0 Å². The van der Waals surface area contributed by atoms with Crippen molar-refractivity contribution >= 4 is 0 Å². The molecule has 0 aromatic rings. The zero-order chi connectivity index (χ0) is 6.91. The van der Waals surface area contributed by atoms with Crippen LogP contribution >= 0.6 is 0 Å². The topological polar surface area (TPSA) is 78.1 Å². The van der Waals surface area contributed by atoms with Gasteiger partial charge in [0.05, 0.1) is 5.66 Å². The monoisotopic (exact) mass is 125 g/mol. The van der Waals surface area contributed by atoms with Gasteiger partial charge in [-0.3, -0.25) is 0 Å². The van der Waals surface area contributed by atoms with Crippen LogP contribution in [0.25, 0.3) is 0 Å². The molecule has 0 fully saturated rings. The van der Waals surface area contributed by atoms with E-state index in [1.807, 2.05) is 6.08 Å². The van der Waals surface area contributed by atoms with Gasteiger partial charge in [-0.05, 0) is 12.2 Å². The standard InChI is InChI=1S/C6H11N3/c7-5-2-1-3-6(8,9)4-5/h1-2,4H,3,7-9H2. The van der Waals surface area contributed by atoms with Crippen molar-refractivity contribution in [3.63, 3.8) is 0 Å². The fraction of sp³-hybridized carbons (Fsp3) is 0.333. The summed E-state index contributed by atoms with van der Waals surface area (Å²) in [7, 11) is 0. The molecule has 3 nitrogen and oxygen atoms in total. The SMILES string of the molecule is NC1=CC(N)(N)CC=C1. The minimum absolute atomic E-state index is 0.645. The lowest BCUT2D eigenvalue weighted by molar-refractivity contribution is 0.552. The Morgan fingerprint density at radius 2 is 2.11 bits per heavy atom. The van der Waals surface area contributed by atoms with E-state index in [1.54, 1.807) is 12.2 Å². The Kier molecular flexibility index (Phi) is 1.31. The lowest BCUT2D eigenvalue weighted by Crippen LogP contribution is -2.48. The van der Waals surface area contributed by atoms with Crippen LogP contribution in [0, 0.1) is 0 Å². The van der Waals surface area contributed by atoms with Crippen LogP contribution in [0.5, 0.6) is 0 Å². The molecule has 6 N–H and O–H groups in total. The minimum atomic E-state index is -0.723. The third-order valence-electron chi connectivity index (χ3n) is 1.22. The maximum absolute atomic E-state index is 5.54. The number of rotatable bonds is 0. The number of hydrogen-bond donors (Lipinski definition) is 3. The highest BCUT2D eigenvalue weighted by atomic mass is 14.9. The summed E-state index contributed by atoms with van der Waals surface area (Å²) in [5.74, 6) is 0. The molecule has 0 radical (unpaired) electrons. The van der Waals surface area contributed by atoms with Crippen molar-refractivity contribution in [1.29, 1.82) is 0 Å². The van der Waals surface area contributed by atoms with Gasteiger partial charge in [-0.25, -0.2) is 0 Å². The average Bonchev–Trinajstić information content (AvgIpc) is 1.60. The summed E-state index contributed by atoms with van der Waals surface area (Å²) >= 11 is 0. The van der Waals surface area contributed by atoms with Crippen molar-refractivity contribution in [2.24, 2.45) is 17.2 Å². The molecule has 0 heterocycles. The molecule has 0 aliphatic heterocycles. The Hall–Kier alpha value is -0.800. The van der Waals surface area contributed by atoms with E-state index in [2.05, 4.69) is 0 Å². The van der Waals surface area contributed by atoms with E-state index in [1.165, 1.54) is 0 Å². The molecule has 0 amide bonds. The quantitative estimate of drug-likeness (QED) is 0.378. The normalized spacial score (nSPS) is 23.6. The molecule has 0 aromatic heterocycles. The van der Waals surface area contributed by atoms with Crippen LogP contribution in [0.4, 0.5) is 0 Å². The predicted molar refractivity (Wildman–Crippen MR) is 37.1 cm³/mol. The Labute approximate surface area is 54.2 Å². The van der Waals surface area contributed by atoms with Crippen molar-refractivity contribution in [2.45, 2.75) is 12.1 Å². The first-order valence-corrected chi connectivity index (χ1v) is 2.83. The second-order valence-electron chi connectivity index (χ2n) is 2.36. The van der Waals surface area contributed by atoms with E-state index in [4.69, 9.17) is 17.2 Å². The summed E-state index contributed by atoms with van der Waals surface area (Å²) in [6.45, 7) is 0. The van der Waals surface area contributed by atoms with E-state index in [-0.39, 0.29) is 0 Å². The number of nitrogens with two attached hydrogens (primary N) is 3. The van der Waals surface area contributed by atoms with E-state index < -0.39 is 5.66 Å². The first kappa shape index (κ1) is 6.32. The fourth-order valence-corrected chi connectivity index (χ4v) is 0.816. The summed E-state index contributed by atoms with van der Waals surface area (Å²) < 4.78 is 0. The summed E-state index contributed by atoms with van der Waals surface area (Å²) in [5, 5.41) is 0. The van der Waals surface area contributed by atoms with E-state index in [0.717, 1.165) is 0 Å². The predicted octanol–water partition coefficient (Wildman–Crippen LogP) is -0.597. The van der Waals surface area contributed by atoms with Gasteiger partial charge < -0.3 is 17.2 Å².